The molecule has 1 saturated heterocycles. The molecule has 1 aliphatic heterocycles. The fourth-order valence-electron chi connectivity index (χ4n) is 4.28. The predicted molar refractivity (Wildman–Crippen MR) is 161 cm³/mol. The number of carbonyl (C=O) groups excluding carboxylic acids is 2. The van der Waals surface area contributed by atoms with Gasteiger partial charge in [0.2, 0.25) is 0 Å². The van der Waals surface area contributed by atoms with Crippen molar-refractivity contribution in [1.29, 1.82) is 0 Å². The van der Waals surface area contributed by atoms with Gasteiger partial charge in [0, 0.05) is 0 Å². The maximum absolute atomic E-state index is 13.4. The van der Waals surface area contributed by atoms with Crippen molar-refractivity contribution in [2.24, 2.45) is 0 Å². The van der Waals surface area contributed by atoms with Crippen LogP contribution in [-0.4, -0.2) is 24.0 Å². The summed E-state index contributed by atoms with van der Waals surface area (Å²) in [5.74, 6) is 0.0464. The van der Waals surface area contributed by atoms with E-state index in [1.165, 1.54) is 4.90 Å². The van der Waals surface area contributed by atoms with Crippen LogP contribution in [0.2, 0.25) is 0 Å². The van der Waals surface area contributed by atoms with Gasteiger partial charge >= 0.3 is 0 Å². The molecular formula is C30H23IN2O4S. The molecule has 1 heterocycles. The molecule has 6 nitrogen and oxygen atoms in total. The molecule has 0 radical (unpaired) electrons. The van der Waals surface area contributed by atoms with Crippen molar-refractivity contribution in [3.8, 4) is 11.5 Å². The molecule has 0 aliphatic carbocycles. The molecule has 1 fully saturated rings. The Balaban J connectivity index is 1.44. The van der Waals surface area contributed by atoms with E-state index in [9.17, 15) is 9.59 Å². The Morgan fingerprint density at radius 1 is 1.00 bits per heavy atom. The van der Waals surface area contributed by atoms with Gasteiger partial charge in [-0.2, -0.15) is 0 Å². The largest absolute Gasteiger partial charge is 0.493 e. The number of ether oxygens (including phenoxy) is 2. The van der Waals surface area contributed by atoms with Gasteiger partial charge in [-0.3, -0.25) is 19.8 Å². The van der Waals surface area contributed by atoms with Crippen molar-refractivity contribution in [1.82, 2.24) is 5.32 Å². The number of nitrogens with zero attached hydrogens (tertiary/aromatic N) is 1. The summed E-state index contributed by atoms with van der Waals surface area (Å²) in [4.78, 5) is 27.4. The Morgan fingerprint density at radius 2 is 1.74 bits per heavy atom. The van der Waals surface area contributed by atoms with Crippen molar-refractivity contribution in [2.45, 2.75) is 13.5 Å². The average Bonchev–Trinajstić information content (AvgIpc) is 2.91. The van der Waals surface area contributed by atoms with Crippen LogP contribution >= 0.6 is 34.8 Å². The van der Waals surface area contributed by atoms with E-state index in [0.29, 0.717) is 29.4 Å². The Morgan fingerprint density at radius 3 is 2.50 bits per heavy atom. The molecule has 0 aromatic heterocycles. The Kier molecular flexibility index (Phi) is 7.44. The second-order valence-corrected chi connectivity index (χ2v) is 10.3. The first kappa shape index (κ1) is 25.9. The van der Waals surface area contributed by atoms with Gasteiger partial charge in [-0.05, 0) is 94.0 Å². The number of benzene rings is 4. The second-order valence-electron chi connectivity index (χ2n) is 8.75. The summed E-state index contributed by atoms with van der Waals surface area (Å²) >= 11 is 7.47. The number of thiocarbonyl (C=S) groups is 1. The molecule has 1 aliphatic rings. The van der Waals surface area contributed by atoms with Gasteiger partial charge in [-0.1, -0.05) is 60.2 Å². The lowest BCUT2D eigenvalue weighted by Crippen LogP contribution is -2.54. The van der Waals surface area contributed by atoms with E-state index in [2.05, 4.69) is 46.1 Å². The molecule has 0 saturated carbocycles. The molecule has 0 spiro atoms. The highest BCUT2D eigenvalue weighted by Gasteiger charge is 2.34. The van der Waals surface area contributed by atoms with Crippen molar-refractivity contribution in [3.05, 3.63) is 105 Å². The molecule has 8 heteroatoms. The number of methoxy groups -OCH3 is 1. The zero-order valence-electron chi connectivity index (χ0n) is 20.7. The van der Waals surface area contributed by atoms with Crippen LogP contribution in [0.15, 0.2) is 84.4 Å². The quantitative estimate of drug-likeness (QED) is 0.119. The van der Waals surface area contributed by atoms with Gasteiger partial charge in [0.1, 0.15) is 12.2 Å². The fraction of sp³-hybridized carbons (Fsp3) is 0.100. The van der Waals surface area contributed by atoms with E-state index in [4.69, 9.17) is 21.7 Å². The van der Waals surface area contributed by atoms with Crippen molar-refractivity contribution >= 4 is 74.3 Å². The molecule has 0 bridgehead atoms. The summed E-state index contributed by atoms with van der Waals surface area (Å²) in [5, 5.41) is 4.94. The number of halogens is 1. The van der Waals surface area contributed by atoms with E-state index in [-0.39, 0.29) is 10.7 Å². The van der Waals surface area contributed by atoms with Gasteiger partial charge in [0.05, 0.1) is 16.4 Å². The van der Waals surface area contributed by atoms with E-state index in [0.717, 1.165) is 25.5 Å². The first-order valence-electron chi connectivity index (χ1n) is 11.8. The van der Waals surface area contributed by atoms with E-state index in [1.807, 2.05) is 49.4 Å². The van der Waals surface area contributed by atoms with E-state index < -0.39 is 11.8 Å². The predicted octanol–water partition coefficient (Wildman–Crippen LogP) is 6.17. The molecule has 0 unspecified atom stereocenters. The molecule has 5 rings (SSSR count). The van der Waals surface area contributed by atoms with Crippen molar-refractivity contribution < 1.29 is 19.1 Å². The minimum Gasteiger partial charge on any atom is -0.493 e. The van der Waals surface area contributed by atoms with Crippen LogP contribution in [0.5, 0.6) is 11.5 Å². The first-order chi connectivity index (χ1) is 18.4. The molecule has 2 amide bonds. The second kappa shape index (κ2) is 10.9. The molecule has 1 N–H and O–H groups in total. The van der Waals surface area contributed by atoms with E-state index in [1.54, 1.807) is 31.4 Å². The maximum Gasteiger partial charge on any atom is 0.270 e. The average molecular weight is 634 g/mol. The van der Waals surface area contributed by atoms with Crippen LogP contribution in [0.3, 0.4) is 0 Å². The Hall–Kier alpha value is -3.76. The number of anilines is 1. The smallest absolute Gasteiger partial charge is 0.270 e. The zero-order chi connectivity index (χ0) is 26.8. The van der Waals surface area contributed by atoms with Crippen molar-refractivity contribution in [2.75, 3.05) is 12.0 Å². The van der Waals surface area contributed by atoms with Crippen molar-refractivity contribution in [3.63, 3.8) is 0 Å². The molecule has 4 aromatic carbocycles. The highest BCUT2D eigenvalue weighted by Crippen LogP contribution is 2.36. The van der Waals surface area contributed by atoms with Gasteiger partial charge < -0.3 is 9.47 Å². The molecule has 190 valence electrons. The third-order valence-corrected chi connectivity index (χ3v) is 7.29. The van der Waals surface area contributed by atoms with Crippen LogP contribution in [0.25, 0.3) is 16.8 Å². The lowest BCUT2D eigenvalue weighted by Gasteiger charge is -2.29. The lowest BCUT2D eigenvalue weighted by atomic mass is 10.1. The summed E-state index contributed by atoms with van der Waals surface area (Å²) in [5.41, 5.74) is 3.29. The van der Waals surface area contributed by atoms with Gasteiger partial charge in [0.25, 0.3) is 11.8 Å². The summed E-state index contributed by atoms with van der Waals surface area (Å²) in [6.07, 6.45) is 1.54. The van der Waals surface area contributed by atoms with Crippen LogP contribution < -0.4 is 19.7 Å². The number of carbonyl (C=O) groups is 2. The number of amides is 2. The molecule has 4 aromatic rings. The van der Waals surface area contributed by atoms with Crippen LogP contribution in [0.1, 0.15) is 16.7 Å². The van der Waals surface area contributed by atoms with Gasteiger partial charge in [0.15, 0.2) is 16.6 Å². The summed E-state index contributed by atoms with van der Waals surface area (Å²) in [6.45, 7) is 2.32. The topological polar surface area (TPSA) is 67.9 Å². The number of rotatable bonds is 6. The highest BCUT2D eigenvalue weighted by molar-refractivity contribution is 14.1. The standard InChI is InChI=1S/C30H23IN2O4S/c1-18-10-12-22(13-11-18)33-29(35)24(28(34)32-30(33)38)14-19-15-25(31)27(26(16-19)36-2)37-17-21-8-5-7-20-6-3-4-9-23(20)21/h3-16H,17H2,1-2H3,(H,32,34,38)/b24-14+. The number of hydrogen-bond acceptors (Lipinski definition) is 5. The highest BCUT2D eigenvalue weighted by atomic mass is 127. The maximum atomic E-state index is 13.4. The minimum atomic E-state index is -0.548. The summed E-state index contributed by atoms with van der Waals surface area (Å²) in [6, 6.07) is 25.2. The van der Waals surface area contributed by atoms with Crippen LogP contribution in [0.4, 0.5) is 5.69 Å². The summed E-state index contributed by atoms with van der Waals surface area (Å²) < 4.78 is 12.6. The van der Waals surface area contributed by atoms with Crippen LogP contribution in [0, 0.1) is 10.5 Å². The first-order valence-corrected chi connectivity index (χ1v) is 13.3. The number of aryl methyl sites for hydroxylation is 1. The van der Waals surface area contributed by atoms with Crippen LogP contribution in [-0.2, 0) is 16.2 Å². The number of hydrogen-bond donors (Lipinski definition) is 1. The summed E-state index contributed by atoms with van der Waals surface area (Å²) in [7, 11) is 1.56. The van der Waals surface area contributed by atoms with E-state index >= 15 is 0 Å². The van der Waals surface area contributed by atoms with Gasteiger partial charge in [-0.15, -0.1) is 0 Å². The number of nitrogens with one attached hydrogen (secondary N) is 1. The Labute approximate surface area is 239 Å². The Bertz CT molecular complexity index is 1610. The fourth-order valence-corrected chi connectivity index (χ4v) is 5.35. The monoisotopic (exact) mass is 634 g/mol. The third-order valence-electron chi connectivity index (χ3n) is 6.21. The third kappa shape index (κ3) is 5.14. The minimum absolute atomic E-state index is 0.0264. The SMILES string of the molecule is COc1cc(/C=C2\C(=O)NC(=S)N(c3ccc(C)cc3)C2=O)cc(I)c1OCc1cccc2ccccc12. The zero-order valence-corrected chi connectivity index (χ0v) is 23.6. The van der Waals surface area contributed by atoms with Gasteiger partial charge in [-0.25, -0.2) is 0 Å². The molecule has 0 atom stereocenters. The normalized spacial score (nSPS) is 14.7. The molecular weight excluding hydrogens is 611 g/mol. The molecule has 38 heavy (non-hydrogen) atoms. The number of fused-ring (bicyclic) bond motifs is 1. The lowest BCUT2D eigenvalue weighted by molar-refractivity contribution is -0.122.